The van der Waals surface area contributed by atoms with Crippen LogP contribution in [0.3, 0.4) is 0 Å². The second-order valence-corrected chi connectivity index (χ2v) is 6.83. The molecular formula is C19H26N2O. The molecule has 0 spiro atoms. The van der Waals surface area contributed by atoms with Gasteiger partial charge in [-0.15, -0.1) is 0 Å². The minimum Gasteiger partial charge on any atom is -0.347 e. The second kappa shape index (κ2) is 5.54. The molecule has 2 aromatic rings. The molecule has 1 aromatic heterocycles. The van der Waals surface area contributed by atoms with E-state index in [1.54, 1.807) is 0 Å². The highest BCUT2D eigenvalue weighted by atomic mass is 16.1. The van der Waals surface area contributed by atoms with Crippen LogP contribution in [-0.4, -0.2) is 21.3 Å². The molecular weight excluding hydrogens is 272 g/mol. The van der Waals surface area contributed by atoms with Crippen molar-refractivity contribution in [2.24, 2.45) is 7.05 Å². The maximum atomic E-state index is 12.5. The molecule has 0 N–H and O–H groups in total. The Labute approximate surface area is 132 Å². The Hall–Kier alpha value is -1.61. The molecule has 2 heterocycles. The van der Waals surface area contributed by atoms with Crippen LogP contribution in [0, 0.1) is 6.92 Å². The van der Waals surface area contributed by atoms with Gasteiger partial charge in [0.1, 0.15) is 0 Å². The average molecular weight is 298 g/mol. The molecule has 0 aliphatic carbocycles. The van der Waals surface area contributed by atoms with Crippen LogP contribution in [0.25, 0.3) is 10.9 Å². The fraction of sp³-hybridized carbons (Fsp3) is 0.526. The Kier molecular flexibility index (Phi) is 3.85. The lowest BCUT2D eigenvalue weighted by atomic mass is 10.0. The zero-order valence-electron chi connectivity index (χ0n) is 14.4. The molecule has 0 radical (unpaired) electrons. The summed E-state index contributed by atoms with van der Waals surface area (Å²) in [4.78, 5) is 15.0. The van der Waals surface area contributed by atoms with Crippen molar-refractivity contribution in [1.82, 2.24) is 9.47 Å². The van der Waals surface area contributed by atoms with Gasteiger partial charge in [0.2, 0.25) is 0 Å². The predicted molar refractivity (Wildman–Crippen MR) is 91.3 cm³/mol. The van der Waals surface area contributed by atoms with Gasteiger partial charge in [0, 0.05) is 54.8 Å². The third-order valence-electron chi connectivity index (χ3n) is 5.05. The predicted octanol–water partition coefficient (Wildman–Crippen LogP) is 4.19. The smallest absolute Gasteiger partial charge is 0.165 e. The van der Waals surface area contributed by atoms with Gasteiger partial charge >= 0.3 is 0 Å². The van der Waals surface area contributed by atoms with Crippen LogP contribution >= 0.6 is 0 Å². The number of carbonyl (C=O) groups is 1. The standard InChI is InChI=1S/C19H26N2O/c1-6-7-18(22)19-13(4)20(5)17-9-15-11-21(12(2)3)10-14(15)8-16(17)19/h8-9,12H,6-7,10-11H2,1-5H3. The molecule has 0 bridgehead atoms. The molecule has 3 heteroatoms. The van der Waals surface area contributed by atoms with Crippen molar-refractivity contribution < 1.29 is 4.79 Å². The molecule has 1 aromatic carbocycles. The number of aryl methyl sites for hydroxylation is 1. The average Bonchev–Trinajstić information content (AvgIpc) is 2.98. The molecule has 0 unspecified atom stereocenters. The van der Waals surface area contributed by atoms with Crippen LogP contribution in [0.15, 0.2) is 12.1 Å². The van der Waals surface area contributed by atoms with Crippen molar-refractivity contribution in [1.29, 1.82) is 0 Å². The molecule has 0 saturated heterocycles. The lowest BCUT2D eigenvalue weighted by Crippen LogP contribution is -2.24. The van der Waals surface area contributed by atoms with E-state index in [-0.39, 0.29) is 5.78 Å². The first-order chi connectivity index (χ1) is 10.4. The summed E-state index contributed by atoms with van der Waals surface area (Å²) in [6.07, 6.45) is 1.54. The molecule has 118 valence electrons. The zero-order valence-corrected chi connectivity index (χ0v) is 14.4. The zero-order chi connectivity index (χ0) is 16.0. The van der Waals surface area contributed by atoms with Crippen LogP contribution in [-0.2, 0) is 20.1 Å². The van der Waals surface area contributed by atoms with E-state index in [2.05, 4.69) is 56.3 Å². The molecule has 0 amide bonds. The van der Waals surface area contributed by atoms with Gasteiger partial charge in [0.05, 0.1) is 0 Å². The number of ketones is 1. The Morgan fingerprint density at radius 3 is 2.45 bits per heavy atom. The highest BCUT2D eigenvalue weighted by molar-refractivity contribution is 6.09. The van der Waals surface area contributed by atoms with E-state index < -0.39 is 0 Å². The van der Waals surface area contributed by atoms with Gasteiger partial charge in [-0.2, -0.15) is 0 Å². The minimum atomic E-state index is 0.282. The summed E-state index contributed by atoms with van der Waals surface area (Å²) in [5.41, 5.74) is 6.03. The topological polar surface area (TPSA) is 25.2 Å². The fourth-order valence-corrected chi connectivity index (χ4v) is 3.55. The molecule has 0 atom stereocenters. The maximum absolute atomic E-state index is 12.5. The summed E-state index contributed by atoms with van der Waals surface area (Å²) in [5, 5.41) is 1.14. The van der Waals surface area contributed by atoms with Gasteiger partial charge in [-0.05, 0) is 50.5 Å². The van der Waals surface area contributed by atoms with Crippen molar-refractivity contribution in [2.75, 3.05) is 0 Å². The first-order valence-electron chi connectivity index (χ1n) is 8.32. The highest BCUT2D eigenvalue weighted by Crippen LogP contribution is 2.33. The van der Waals surface area contributed by atoms with Crippen molar-refractivity contribution in [3.8, 4) is 0 Å². The Morgan fingerprint density at radius 2 is 1.86 bits per heavy atom. The van der Waals surface area contributed by atoms with Gasteiger partial charge in [-0.3, -0.25) is 9.69 Å². The number of carbonyl (C=O) groups excluding carboxylic acids is 1. The summed E-state index contributed by atoms with van der Waals surface area (Å²) < 4.78 is 2.18. The van der Waals surface area contributed by atoms with Crippen molar-refractivity contribution in [3.05, 3.63) is 34.5 Å². The van der Waals surface area contributed by atoms with Crippen LogP contribution in [0.5, 0.6) is 0 Å². The molecule has 1 aliphatic heterocycles. The minimum absolute atomic E-state index is 0.282. The number of rotatable bonds is 4. The highest BCUT2D eigenvalue weighted by Gasteiger charge is 2.25. The number of hydrogen-bond donors (Lipinski definition) is 0. The number of nitrogens with zero attached hydrogens (tertiary/aromatic N) is 2. The monoisotopic (exact) mass is 298 g/mol. The maximum Gasteiger partial charge on any atom is 0.165 e. The van der Waals surface area contributed by atoms with E-state index in [0.29, 0.717) is 12.5 Å². The van der Waals surface area contributed by atoms with Gasteiger partial charge < -0.3 is 4.57 Å². The van der Waals surface area contributed by atoms with Crippen LogP contribution in [0.4, 0.5) is 0 Å². The number of hydrogen-bond acceptors (Lipinski definition) is 2. The van der Waals surface area contributed by atoms with E-state index in [9.17, 15) is 4.79 Å². The third-order valence-corrected chi connectivity index (χ3v) is 5.05. The lowest BCUT2D eigenvalue weighted by molar-refractivity contribution is 0.0982. The van der Waals surface area contributed by atoms with Crippen LogP contribution in [0.1, 0.15) is 60.8 Å². The molecule has 3 rings (SSSR count). The molecule has 22 heavy (non-hydrogen) atoms. The first kappa shape index (κ1) is 15.3. The van der Waals surface area contributed by atoms with Crippen molar-refractivity contribution in [2.45, 2.75) is 59.7 Å². The van der Waals surface area contributed by atoms with Gasteiger partial charge in [0.15, 0.2) is 5.78 Å². The molecule has 0 fully saturated rings. The number of benzene rings is 1. The number of Topliss-reactive ketones (excluding diaryl/α,β-unsaturated/α-hetero) is 1. The van der Waals surface area contributed by atoms with Crippen LogP contribution < -0.4 is 0 Å². The van der Waals surface area contributed by atoms with Crippen molar-refractivity contribution in [3.63, 3.8) is 0 Å². The molecule has 3 nitrogen and oxygen atoms in total. The van der Waals surface area contributed by atoms with Gasteiger partial charge in [-0.25, -0.2) is 0 Å². The van der Waals surface area contributed by atoms with E-state index >= 15 is 0 Å². The summed E-state index contributed by atoms with van der Waals surface area (Å²) >= 11 is 0. The number of aromatic nitrogens is 1. The van der Waals surface area contributed by atoms with E-state index in [0.717, 1.165) is 36.2 Å². The van der Waals surface area contributed by atoms with Gasteiger partial charge in [0.25, 0.3) is 0 Å². The first-order valence-corrected chi connectivity index (χ1v) is 8.32. The number of fused-ring (bicyclic) bond motifs is 2. The lowest BCUT2D eigenvalue weighted by Gasteiger charge is -2.18. The van der Waals surface area contributed by atoms with Gasteiger partial charge in [-0.1, -0.05) is 6.92 Å². The van der Waals surface area contributed by atoms with Crippen molar-refractivity contribution >= 4 is 16.7 Å². The summed E-state index contributed by atoms with van der Waals surface area (Å²) in [6, 6.07) is 5.12. The molecule has 0 saturated carbocycles. The largest absolute Gasteiger partial charge is 0.347 e. The second-order valence-electron chi connectivity index (χ2n) is 6.83. The Balaban J connectivity index is 2.14. The van der Waals surface area contributed by atoms with E-state index in [1.807, 2.05) is 0 Å². The quantitative estimate of drug-likeness (QED) is 0.791. The molecule has 1 aliphatic rings. The third kappa shape index (κ3) is 2.28. The van der Waals surface area contributed by atoms with E-state index in [4.69, 9.17) is 0 Å². The SMILES string of the molecule is CCCC(=O)c1c(C)n(C)c2cc3c(cc12)CN(C(C)C)C3. The Morgan fingerprint density at radius 1 is 1.23 bits per heavy atom. The van der Waals surface area contributed by atoms with Crippen LogP contribution in [0.2, 0.25) is 0 Å². The fourth-order valence-electron chi connectivity index (χ4n) is 3.55. The summed E-state index contributed by atoms with van der Waals surface area (Å²) in [7, 11) is 2.07. The Bertz CT molecular complexity index is 740. The van der Waals surface area contributed by atoms with E-state index in [1.165, 1.54) is 16.6 Å². The summed E-state index contributed by atoms with van der Waals surface area (Å²) in [5.74, 6) is 0.282. The normalized spacial score (nSPS) is 15.0. The summed E-state index contributed by atoms with van der Waals surface area (Å²) in [6.45, 7) is 10.6.